The summed E-state index contributed by atoms with van der Waals surface area (Å²) in [6.45, 7) is 1.23. The third-order valence-electron chi connectivity index (χ3n) is 3.86. The van der Waals surface area contributed by atoms with Crippen LogP contribution in [0, 0.1) is 0 Å². The Morgan fingerprint density at radius 1 is 1.04 bits per heavy atom. The van der Waals surface area contributed by atoms with Crippen molar-refractivity contribution in [3.63, 3.8) is 0 Å². The Labute approximate surface area is 157 Å². The molecule has 0 aliphatic carbocycles. The van der Waals surface area contributed by atoms with Crippen LogP contribution in [0.3, 0.4) is 0 Å². The molecule has 6 nitrogen and oxygen atoms in total. The molecule has 3 rings (SSSR count). The highest BCUT2D eigenvalue weighted by atomic mass is 35.5. The van der Waals surface area contributed by atoms with Crippen molar-refractivity contribution in [2.45, 2.75) is 13.1 Å². The summed E-state index contributed by atoms with van der Waals surface area (Å²) in [6.07, 6.45) is 0. The summed E-state index contributed by atoms with van der Waals surface area (Å²) in [7, 11) is 5.23. The largest absolute Gasteiger partial charge is 0.493 e. The molecular formula is C19H20ClN3O3. The summed E-state index contributed by atoms with van der Waals surface area (Å²) in [6, 6.07) is 13.2. The van der Waals surface area contributed by atoms with Gasteiger partial charge in [-0.3, -0.25) is 4.90 Å². The maximum absolute atomic E-state index is 6.01. The van der Waals surface area contributed by atoms with Crippen molar-refractivity contribution < 1.29 is 14.0 Å². The van der Waals surface area contributed by atoms with Gasteiger partial charge in [0.1, 0.15) is 0 Å². The van der Waals surface area contributed by atoms with Crippen LogP contribution in [0.25, 0.3) is 11.4 Å². The molecule has 0 aliphatic heterocycles. The molecule has 0 saturated carbocycles. The van der Waals surface area contributed by atoms with Gasteiger partial charge in [0.15, 0.2) is 11.5 Å². The zero-order valence-corrected chi connectivity index (χ0v) is 15.7. The van der Waals surface area contributed by atoms with Gasteiger partial charge in [-0.15, -0.1) is 0 Å². The lowest BCUT2D eigenvalue weighted by Crippen LogP contribution is -2.17. The molecule has 0 aliphatic rings. The van der Waals surface area contributed by atoms with Crippen molar-refractivity contribution in [2.24, 2.45) is 0 Å². The number of nitrogens with zero attached hydrogens (tertiary/aromatic N) is 3. The van der Waals surface area contributed by atoms with E-state index >= 15 is 0 Å². The standard InChI is InChI=1S/C19H20ClN3O3/c1-23(11-13-7-8-16(24-2)17(9-13)25-3)12-18-21-19(22-26-18)14-5-4-6-15(20)10-14/h4-10H,11-12H2,1-3H3. The minimum absolute atomic E-state index is 0.530. The van der Waals surface area contributed by atoms with Gasteiger partial charge in [0.25, 0.3) is 0 Å². The molecule has 0 spiro atoms. The van der Waals surface area contributed by atoms with Crippen LogP contribution in [-0.2, 0) is 13.1 Å². The highest BCUT2D eigenvalue weighted by Crippen LogP contribution is 2.28. The fourth-order valence-electron chi connectivity index (χ4n) is 2.64. The lowest BCUT2D eigenvalue weighted by atomic mass is 10.2. The third kappa shape index (κ3) is 4.33. The summed E-state index contributed by atoms with van der Waals surface area (Å²) in [4.78, 5) is 6.52. The quantitative estimate of drug-likeness (QED) is 0.623. The van der Waals surface area contributed by atoms with Gasteiger partial charge in [-0.2, -0.15) is 4.98 Å². The van der Waals surface area contributed by atoms with E-state index in [4.69, 9.17) is 25.6 Å². The maximum Gasteiger partial charge on any atom is 0.241 e. The smallest absolute Gasteiger partial charge is 0.241 e. The SMILES string of the molecule is COc1ccc(CN(C)Cc2nc(-c3cccc(Cl)c3)no2)cc1OC. The lowest BCUT2D eigenvalue weighted by molar-refractivity contribution is 0.260. The second-order valence-electron chi connectivity index (χ2n) is 5.88. The first-order valence-electron chi connectivity index (χ1n) is 8.07. The van der Waals surface area contributed by atoms with E-state index in [9.17, 15) is 0 Å². The van der Waals surface area contributed by atoms with E-state index < -0.39 is 0 Å². The molecule has 0 radical (unpaired) electrons. The van der Waals surface area contributed by atoms with E-state index in [2.05, 4.69) is 15.0 Å². The van der Waals surface area contributed by atoms with Gasteiger partial charge < -0.3 is 14.0 Å². The van der Waals surface area contributed by atoms with Crippen LogP contribution in [0.15, 0.2) is 47.0 Å². The Balaban J connectivity index is 1.66. The van der Waals surface area contributed by atoms with Crippen molar-refractivity contribution in [1.82, 2.24) is 15.0 Å². The molecule has 0 N–H and O–H groups in total. The molecule has 2 aromatic carbocycles. The predicted molar refractivity (Wildman–Crippen MR) is 99.5 cm³/mol. The van der Waals surface area contributed by atoms with Crippen molar-refractivity contribution in [2.75, 3.05) is 21.3 Å². The summed E-state index contributed by atoms with van der Waals surface area (Å²) in [5.74, 6) is 2.49. The Hall–Kier alpha value is -2.57. The van der Waals surface area contributed by atoms with E-state index in [0.717, 1.165) is 11.1 Å². The van der Waals surface area contributed by atoms with E-state index in [-0.39, 0.29) is 0 Å². The fourth-order valence-corrected chi connectivity index (χ4v) is 2.83. The molecule has 0 saturated heterocycles. The third-order valence-corrected chi connectivity index (χ3v) is 4.09. The molecule has 7 heteroatoms. The second kappa shape index (κ2) is 8.21. The summed E-state index contributed by atoms with van der Waals surface area (Å²) in [5, 5.41) is 4.67. The fraction of sp³-hybridized carbons (Fsp3) is 0.263. The van der Waals surface area contributed by atoms with Crippen LogP contribution in [-0.4, -0.2) is 36.3 Å². The number of ether oxygens (including phenoxy) is 2. The molecule has 0 bridgehead atoms. The maximum atomic E-state index is 6.01. The molecule has 1 heterocycles. The Kier molecular flexibility index (Phi) is 5.75. The van der Waals surface area contributed by atoms with Crippen LogP contribution < -0.4 is 9.47 Å². The summed E-state index contributed by atoms with van der Waals surface area (Å²) in [5.41, 5.74) is 1.93. The van der Waals surface area contributed by atoms with Gasteiger partial charge in [0.05, 0.1) is 20.8 Å². The molecule has 0 unspecified atom stereocenters. The van der Waals surface area contributed by atoms with E-state index in [1.807, 2.05) is 49.5 Å². The van der Waals surface area contributed by atoms with Crippen LogP contribution in [0.2, 0.25) is 5.02 Å². The number of methoxy groups -OCH3 is 2. The normalized spacial score (nSPS) is 11.0. The molecule has 1 aromatic heterocycles. The zero-order valence-electron chi connectivity index (χ0n) is 14.9. The summed E-state index contributed by atoms with van der Waals surface area (Å²) < 4.78 is 16.0. The van der Waals surface area contributed by atoms with Crippen LogP contribution in [0.5, 0.6) is 11.5 Å². The molecule has 26 heavy (non-hydrogen) atoms. The first-order chi connectivity index (χ1) is 12.6. The zero-order chi connectivity index (χ0) is 18.5. The number of halogens is 1. The second-order valence-corrected chi connectivity index (χ2v) is 6.32. The van der Waals surface area contributed by atoms with Gasteiger partial charge >= 0.3 is 0 Å². The first-order valence-corrected chi connectivity index (χ1v) is 8.45. The van der Waals surface area contributed by atoms with Gasteiger partial charge in [0, 0.05) is 17.1 Å². The Morgan fingerprint density at radius 3 is 2.58 bits per heavy atom. The van der Waals surface area contributed by atoms with Crippen molar-refractivity contribution in [1.29, 1.82) is 0 Å². The molecule has 3 aromatic rings. The monoisotopic (exact) mass is 373 g/mol. The minimum Gasteiger partial charge on any atom is -0.493 e. The van der Waals surface area contributed by atoms with Gasteiger partial charge in [-0.25, -0.2) is 0 Å². The Bertz CT molecular complexity index is 882. The highest BCUT2D eigenvalue weighted by Gasteiger charge is 2.12. The van der Waals surface area contributed by atoms with Crippen molar-refractivity contribution in [3.8, 4) is 22.9 Å². The molecule has 136 valence electrons. The molecule has 0 amide bonds. The van der Waals surface area contributed by atoms with Crippen LogP contribution in [0.1, 0.15) is 11.5 Å². The van der Waals surface area contributed by atoms with E-state index in [0.29, 0.717) is 41.3 Å². The highest BCUT2D eigenvalue weighted by molar-refractivity contribution is 6.30. The molecule has 0 fully saturated rings. The number of aromatic nitrogens is 2. The number of hydrogen-bond acceptors (Lipinski definition) is 6. The molecule has 0 atom stereocenters. The Morgan fingerprint density at radius 2 is 1.85 bits per heavy atom. The van der Waals surface area contributed by atoms with Crippen molar-refractivity contribution in [3.05, 3.63) is 58.9 Å². The number of hydrogen-bond donors (Lipinski definition) is 0. The van der Waals surface area contributed by atoms with Gasteiger partial charge in [0.2, 0.25) is 11.7 Å². The van der Waals surface area contributed by atoms with Gasteiger partial charge in [-0.05, 0) is 36.9 Å². The number of rotatable bonds is 7. The van der Waals surface area contributed by atoms with Crippen molar-refractivity contribution >= 4 is 11.6 Å². The summed E-state index contributed by atoms with van der Waals surface area (Å²) >= 11 is 6.01. The number of benzene rings is 2. The minimum atomic E-state index is 0.530. The van der Waals surface area contributed by atoms with Crippen LogP contribution >= 0.6 is 11.6 Å². The van der Waals surface area contributed by atoms with E-state index in [1.165, 1.54) is 0 Å². The average Bonchev–Trinajstić information content (AvgIpc) is 3.10. The predicted octanol–water partition coefficient (Wildman–Crippen LogP) is 4.04. The van der Waals surface area contributed by atoms with E-state index in [1.54, 1.807) is 14.2 Å². The van der Waals surface area contributed by atoms with Crippen LogP contribution in [0.4, 0.5) is 0 Å². The first kappa shape index (κ1) is 18.2. The molecular weight excluding hydrogens is 354 g/mol. The lowest BCUT2D eigenvalue weighted by Gasteiger charge is -2.15. The van der Waals surface area contributed by atoms with Gasteiger partial charge in [-0.1, -0.05) is 35.0 Å². The average molecular weight is 374 g/mol. The topological polar surface area (TPSA) is 60.6 Å².